The van der Waals surface area contributed by atoms with Gasteiger partial charge in [0.1, 0.15) is 0 Å². The van der Waals surface area contributed by atoms with Crippen LogP contribution in [0.3, 0.4) is 0 Å². The zero-order valence-electron chi connectivity index (χ0n) is 15.0. The minimum absolute atomic E-state index is 0.213. The number of piperidine rings is 1. The summed E-state index contributed by atoms with van der Waals surface area (Å²) >= 11 is 17.1. The van der Waals surface area contributed by atoms with E-state index in [4.69, 9.17) is 35.4 Å². The molecule has 2 aromatic rings. The molecule has 142 valence electrons. The summed E-state index contributed by atoms with van der Waals surface area (Å²) in [5, 5.41) is 6.63. The van der Waals surface area contributed by atoms with Gasteiger partial charge in [-0.2, -0.15) is 0 Å². The fraction of sp³-hybridized carbons (Fsp3) is 0.300. The zero-order chi connectivity index (χ0) is 19.4. The van der Waals surface area contributed by atoms with Crippen LogP contribution in [0, 0.1) is 0 Å². The third-order valence-corrected chi connectivity index (χ3v) is 5.41. The van der Waals surface area contributed by atoms with Crippen LogP contribution in [0.1, 0.15) is 36.5 Å². The van der Waals surface area contributed by atoms with E-state index in [0.717, 1.165) is 12.2 Å². The van der Waals surface area contributed by atoms with E-state index in [1.165, 1.54) is 31.0 Å². The second-order valence-electron chi connectivity index (χ2n) is 6.62. The first-order valence-corrected chi connectivity index (χ1v) is 10.0. The molecule has 1 atom stereocenters. The molecule has 0 aliphatic carbocycles. The number of halogens is 2. The molecule has 7 heteroatoms. The number of hydrogen-bond donors (Lipinski definition) is 2. The van der Waals surface area contributed by atoms with Crippen molar-refractivity contribution in [1.82, 2.24) is 5.32 Å². The van der Waals surface area contributed by atoms with Crippen molar-refractivity contribution in [1.29, 1.82) is 0 Å². The molecule has 2 aromatic carbocycles. The molecule has 1 unspecified atom stereocenters. The topological polar surface area (TPSA) is 44.4 Å². The highest BCUT2D eigenvalue weighted by Gasteiger charge is 2.18. The van der Waals surface area contributed by atoms with E-state index in [1.807, 2.05) is 12.1 Å². The van der Waals surface area contributed by atoms with Crippen LogP contribution in [0.25, 0.3) is 0 Å². The average molecular weight is 422 g/mol. The number of thiocarbonyl (C=S) groups is 1. The molecule has 1 heterocycles. The smallest absolute Gasteiger partial charge is 0.258 e. The molecule has 1 amide bonds. The summed E-state index contributed by atoms with van der Waals surface area (Å²) in [7, 11) is 0. The molecule has 1 aliphatic rings. The van der Waals surface area contributed by atoms with Gasteiger partial charge in [0, 0.05) is 29.0 Å². The first-order valence-electron chi connectivity index (χ1n) is 8.88. The standard InChI is InChI=1S/C20H21Cl2N3OS/c1-13-4-2-3-11-25(13)16-8-6-15(7-9-16)23-20(27)24-19(26)17-10-5-14(21)12-18(17)22/h5-10,12-13H,2-4,11H2,1H3,(H2,23,24,26,27). The number of amides is 1. The van der Waals surface area contributed by atoms with Crippen LogP contribution in [-0.4, -0.2) is 23.6 Å². The van der Waals surface area contributed by atoms with Crippen LogP contribution < -0.4 is 15.5 Å². The van der Waals surface area contributed by atoms with Gasteiger partial charge >= 0.3 is 0 Å². The second kappa shape index (κ2) is 8.91. The Balaban J connectivity index is 1.60. The highest BCUT2D eigenvalue weighted by Crippen LogP contribution is 2.26. The number of benzene rings is 2. The lowest BCUT2D eigenvalue weighted by molar-refractivity contribution is 0.0978. The molecule has 27 heavy (non-hydrogen) atoms. The Labute approximate surface area is 174 Å². The summed E-state index contributed by atoms with van der Waals surface area (Å²) in [4.78, 5) is 14.7. The van der Waals surface area contributed by atoms with Gasteiger partial charge in [-0.05, 0) is 80.9 Å². The minimum atomic E-state index is -0.382. The van der Waals surface area contributed by atoms with Crippen molar-refractivity contribution in [3.63, 3.8) is 0 Å². The number of anilines is 2. The molecule has 1 aliphatic heterocycles. The maximum absolute atomic E-state index is 12.3. The van der Waals surface area contributed by atoms with Crippen molar-refractivity contribution >= 4 is 57.8 Å². The largest absolute Gasteiger partial charge is 0.369 e. The Morgan fingerprint density at radius 3 is 2.56 bits per heavy atom. The third-order valence-electron chi connectivity index (χ3n) is 4.66. The van der Waals surface area contributed by atoms with Gasteiger partial charge in [0.2, 0.25) is 0 Å². The highest BCUT2D eigenvalue weighted by molar-refractivity contribution is 7.80. The van der Waals surface area contributed by atoms with Gasteiger partial charge in [-0.15, -0.1) is 0 Å². The van der Waals surface area contributed by atoms with E-state index >= 15 is 0 Å². The molecule has 3 rings (SSSR count). The van der Waals surface area contributed by atoms with Crippen molar-refractivity contribution < 1.29 is 4.79 Å². The first-order chi connectivity index (χ1) is 12.9. The number of carbonyl (C=O) groups is 1. The number of hydrogen-bond acceptors (Lipinski definition) is 3. The van der Waals surface area contributed by atoms with Crippen LogP contribution in [0.4, 0.5) is 11.4 Å². The number of nitrogens with zero attached hydrogens (tertiary/aromatic N) is 1. The summed E-state index contributed by atoms with van der Waals surface area (Å²) in [6.07, 6.45) is 3.75. The highest BCUT2D eigenvalue weighted by atomic mass is 35.5. The van der Waals surface area contributed by atoms with Gasteiger partial charge < -0.3 is 10.2 Å². The molecule has 0 bridgehead atoms. The molecular formula is C20H21Cl2N3OS. The summed E-state index contributed by atoms with van der Waals surface area (Å²) in [5.74, 6) is -0.382. The van der Waals surface area contributed by atoms with Crippen molar-refractivity contribution in [3.8, 4) is 0 Å². The predicted octanol–water partition coefficient (Wildman–Crippen LogP) is 5.50. The van der Waals surface area contributed by atoms with Crippen molar-refractivity contribution in [2.45, 2.75) is 32.2 Å². The van der Waals surface area contributed by atoms with Crippen LogP contribution in [0.15, 0.2) is 42.5 Å². The Hall–Kier alpha value is -1.82. The van der Waals surface area contributed by atoms with Gasteiger partial charge in [-0.3, -0.25) is 10.1 Å². The number of nitrogens with one attached hydrogen (secondary N) is 2. The SMILES string of the molecule is CC1CCCCN1c1ccc(NC(=S)NC(=O)c2ccc(Cl)cc2Cl)cc1. The molecule has 4 nitrogen and oxygen atoms in total. The van der Waals surface area contributed by atoms with Crippen molar-refractivity contribution in [3.05, 3.63) is 58.1 Å². The monoisotopic (exact) mass is 421 g/mol. The Kier molecular flexibility index (Phi) is 6.58. The van der Waals surface area contributed by atoms with Crippen molar-refractivity contribution in [2.24, 2.45) is 0 Å². The minimum Gasteiger partial charge on any atom is -0.369 e. The number of rotatable bonds is 3. The maximum Gasteiger partial charge on any atom is 0.258 e. The Morgan fingerprint density at radius 2 is 1.89 bits per heavy atom. The van der Waals surface area contributed by atoms with E-state index in [2.05, 4.69) is 34.6 Å². The third kappa shape index (κ3) is 5.12. The molecular weight excluding hydrogens is 401 g/mol. The molecule has 0 saturated carbocycles. The van der Waals surface area contributed by atoms with Gasteiger partial charge in [0.05, 0.1) is 10.6 Å². The molecule has 0 aromatic heterocycles. The van der Waals surface area contributed by atoms with E-state index in [1.54, 1.807) is 12.1 Å². The normalized spacial score (nSPS) is 16.7. The summed E-state index contributed by atoms with van der Waals surface area (Å²) < 4.78 is 0. The maximum atomic E-state index is 12.3. The van der Waals surface area contributed by atoms with Crippen LogP contribution in [-0.2, 0) is 0 Å². The lowest BCUT2D eigenvalue weighted by Crippen LogP contribution is -2.37. The molecule has 2 N–H and O–H groups in total. The predicted molar refractivity (Wildman–Crippen MR) is 117 cm³/mol. The fourth-order valence-corrected chi connectivity index (χ4v) is 3.93. The van der Waals surface area contributed by atoms with E-state index in [9.17, 15) is 4.79 Å². The lowest BCUT2D eigenvalue weighted by Gasteiger charge is -2.35. The summed E-state index contributed by atoms with van der Waals surface area (Å²) in [6, 6.07) is 13.3. The van der Waals surface area contributed by atoms with Crippen molar-refractivity contribution in [2.75, 3.05) is 16.8 Å². The summed E-state index contributed by atoms with van der Waals surface area (Å²) in [5.41, 5.74) is 2.34. The van der Waals surface area contributed by atoms with Gasteiger partial charge in [-0.25, -0.2) is 0 Å². The first kappa shape index (κ1) is 19.9. The van der Waals surface area contributed by atoms with E-state index < -0.39 is 0 Å². The van der Waals surface area contributed by atoms with E-state index in [-0.39, 0.29) is 16.0 Å². The molecule has 0 spiro atoms. The van der Waals surface area contributed by atoms with E-state index in [0.29, 0.717) is 16.6 Å². The van der Waals surface area contributed by atoms with Gasteiger partial charge in [0.25, 0.3) is 5.91 Å². The van der Waals surface area contributed by atoms with Gasteiger partial charge in [0.15, 0.2) is 5.11 Å². The molecule has 1 saturated heterocycles. The fourth-order valence-electron chi connectivity index (χ4n) is 3.22. The second-order valence-corrected chi connectivity index (χ2v) is 7.87. The van der Waals surface area contributed by atoms with Crippen LogP contribution in [0.2, 0.25) is 10.0 Å². The Morgan fingerprint density at radius 1 is 1.15 bits per heavy atom. The van der Waals surface area contributed by atoms with Crippen LogP contribution in [0.5, 0.6) is 0 Å². The molecule has 0 radical (unpaired) electrons. The van der Waals surface area contributed by atoms with Gasteiger partial charge in [-0.1, -0.05) is 23.2 Å². The number of carbonyl (C=O) groups excluding carboxylic acids is 1. The Bertz CT molecular complexity index is 842. The molecule has 1 fully saturated rings. The lowest BCUT2D eigenvalue weighted by atomic mass is 10.0. The van der Waals surface area contributed by atoms with Crippen LogP contribution >= 0.6 is 35.4 Å². The quantitative estimate of drug-likeness (QED) is 0.642. The summed E-state index contributed by atoms with van der Waals surface area (Å²) in [6.45, 7) is 3.35. The average Bonchev–Trinajstić information content (AvgIpc) is 2.62. The zero-order valence-corrected chi connectivity index (χ0v) is 17.3.